The summed E-state index contributed by atoms with van der Waals surface area (Å²) in [6, 6.07) is 0. The molecule has 0 aliphatic heterocycles. The maximum atomic E-state index is 8.39. The summed E-state index contributed by atoms with van der Waals surface area (Å²) in [6.45, 7) is 2.32. The number of hydrogen-bond donors (Lipinski definition) is 4. The van der Waals surface area contributed by atoms with Gasteiger partial charge in [0, 0.05) is 60.0 Å². The van der Waals surface area contributed by atoms with Gasteiger partial charge in [-0.05, 0) is 62.4 Å². The molecular weight excluding hydrogens is 690 g/mol. The van der Waals surface area contributed by atoms with Crippen LogP contribution in [0.2, 0.25) is 0 Å². The van der Waals surface area contributed by atoms with Crippen molar-refractivity contribution in [3.05, 3.63) is 52.8 Å². The van der Waals surface area contributed by atoms with Crippen molar-refractivity contribution in [3.8, 4) is 0 Å². The van der Waals surface area contributed by atoms with Gasteiger partial charge in [-0.25, -0.2) is 0 Å². The Morgan fingerprint density at radius 3 is 0.854 bits per heavy atom. The molecule has 0 aromatic heterocycles. The molecule has 0 unspecified atom stereocenters. The van der Waals surface area contributed by atoms with Gasteiger partial charge in [0.1, 0.15) is 0 Å². The second-order valence-electron chi connectivity index (χ2n) is 6.96. The van der Waals surface area contributed by atoms with E-state index in [2.05, 4.69) is 51.9 Å². The zero-order valence-electron chi connectivity index (χ0n) is 24.8. The average molecular weight is 736 g/mol. The first-order chi connectivity index (χ1) is 19.0. The van der Waals surface area contributed by atoms with Gasteiger partial charge >= 0.3 is 59.1 Å². The molecule has 0 aliphatic carbocycles. The molecule has 0 radical (unpaired) electrons. The van der Waals surface area contributed by atoms with Crippen LogP contribution >= 0.6 is 31.9 Å². The third-order valence-electron chi connectivity index (χ3n) is 3.79. The summed E-state index contributed by atoms with van der Waals surface area (Å²) in [5.41, 5.74) is 42.7. The minimum Gasteiger partial charge on any atom is -0.396 e. The van der Waals surface area contributed by atoms with E-state index in [0.717, 1.165) is 81.3 Å². The van der Waals surface area contributed by atoms with E-state index in [1.54, 1.807) is 0 Å². The number of aliphatic hydroxyl groups excluding tert-OH is 4. The Bertz CT molecular complexity index is 553. The van der Waals surface area contributed by atoms with Crippen LogP contribution in [0, 0.1) is 0 Å². The average Bonchev–Trinajstić information content (AvgIpc) is 2.93. The van der Waals surface area contributed by atoms with Crippen LogP contribution in [0.15, 0.2) is 10.2 Å². The number of hydrogen-bond acceptors (Lipinski definition) is 6. The van der Waals surface area contributed by atoms with E-state index < -0.39 is 0 Å². The van der Waals surface area contributed by atoms with Gasteiger partial charge in [-0.1, -0.05) is 74.2 Å². The smallest absolute Gasteiger partial charge is 0.396 e. The molecule has 0 fully saturated rings. The van der Waals surface area contributed by atoms with Gasteiger partial charge in [0.2, 0.25) is 0 Å². The number of rotatable bonds is 19. The molecule has 16 nitrogen and oxygen atoms in total. The SMILES string of the molecule is OCCCCCBr.OCCCCCBr.[N-]=[N+]=NCCCCCCO.[N-]=[N+]=NCCCCCO.[N-]=[N+]=[N-].[N-]=[N+]=[N-].[Na+].[Na+]. The maximum Gasteiger partial charge on any atom is 1.00 e. The number of aliphatic hydroxyl groups is 4. The predicted molar refractivity (Wildman–Crippen MR) is 164 cm³/mol. The molecular formula is C21H46Br2N12Na2O4. The largest absolute Gasteiger partial charge is 1.00 e. The van der Waals surface area contributed by atoms with Crippen molar-refractivity contribution < 1.29 is 79.5 Å². The Balaban J connectivity index is -0.0000000549. The van der Waals surface area contributed by atoms with Crippen LogP contribution in [0.4, 0.5) is 0 Å². The summed E-state index contributed by atoms with van der Waals surface area (Å²) in [6.07, 6.45) is 13.0. The third kappa shape index (κ3) is 131. The van der Waals surface area contributed by atoms with Gasteiger partial charge in [0.05, 0.1) is 0 Å². The number of halogens is 2. The second-order valence-corrected chi connectivity index (χ2v) is 8.54. The van der Waals surface area contributed by atoms with E-state index in [0.29, 0.717) is 26.3 Å². The minimum absolute atomic E-state index is 0. The van der Waals surface area contributed by atoms with Gasteiger partial charge < -0.3 is 42.6 Å². The molecule has 41 heavy (non-hydrogen) atoms. The van der Waals surface area contributed by atoms with Crippen molar-refractivity contribution in [1.82, 2.24) is 0 Å². The topological polar surface area (TPSA) is 296 Å². The zero-order valence-corrected chi connectivity index (χ0v) is 31.9. The monoisotopic (exact) mass is 734 g/mol. The number of unbranched alkanes of at least 4 members (excludes halogenated alkanes) is 9. The minimum atomic E-state index is 0. The zero-order chi connectivity index (χ0) is 31.1. The van der Waals surface area contributed by atoms with E-state index >= 15 is 0 Å². The Hall–Kier alpha value is 0.0400. The van der Waals surface area contributed by atoms with Crippen molar-refractivity contribution in [2.24, 2.45) is 10.2 Å². The van der Waals surface area contributed by atoms with Gasteiger partial charge in [0.25, 0.3) is 0 Å². The molecule has 0 saturated carbocycles. The Kier molecular flexibility index (Phi) is 123. The van der Waals surface area contributed by atoms with E-state index in [4.69, 9.17) is 53.6 Å². The Morgan fingerprint density at radius 1 is 0.415 bits per heavy atom. The molecule has 0 amide bonds. The van der Waals surface area contributed by atoms with Crippen LogP contribution in [-0.2, 0) is 0 Å². The van der Waals surface area contributed by atoms with Crippen LogP contribution in [0.25, 0.3) is 52.8 Å². The maximum absolute atomic E-state index is 8.39. The third-order valence-corrected chi connectivity index (χ3v) is 4.91. The van der Waals surface area contributed by atoms with Crippen LogP contribution in [0.1, 0.15) is 83.5 Å². The fraction of sp³-hybridized carbons (Fsp3) is 1.00. The predicted octanol–water partition coefficient (Wildman–Crippen LogP) is 2.14. The summed E-state index contributed by atoms with van der Waals surface area (Å²) in [5.74, 6) is 0. The molecule has 0 aliphatic rings. The van der Waals surface area contributed by atoms with Crippen molar-refractivity contribution in [1.29, 1.82) is 0 Å². The first-order valence-corrected chi connectivity index (χ1v) is 14.8. The molecule has 0 saturated heterocycles. The van der Waals surface area contributed by atoms with Gasteiger partial charge in [-0.2, -0.15) is 0 Å². The molecule has 0 aromatic rings. The van der Waals surface area contributed by atoms with Gasteiger partial charge in [-0.15, -0.1) is 0 Å². The summed E-state index contributed by atoms with van der Waals surface area (Å²) in [5, 5.41) is 42.1. The molecule has 230 valence electrons. The second kappa shape index (κ2) is 83.5. The standard InChI is InChI=1S/C6H13N3O.2C5H11BrO.C5H11N3O.2N3.2Na/c7-9-8-5-3-1-2-4-6-10;2*6-4-2-1-3-5-7;6-8-7-4-2-1-3-5-9;2*1-3-2;;/h10H,1-6H2;2*7H,1-5H2;9H,1-5H2;;;;/q;;;;2*-1;2*+1. The van der Waals surface area contributed by atoms with Crippen molar-refractivity contribution in [3.63, 3.8) is 0 Å². The summed E-state index contributed by atoms with van der Waals surface area (Å²) in [7, 11) is 0. The first kappa shape index (κ1) is 60.3. The van der Waals surface area contributed by atoms with Gasteiger partial charge in [-0.3, -0.25) is 9.82 Å². The van der Waals surface area contributed by atoms with E-state index in [1.807, 2.05) is 0 Å². The molecule has 0 atom stereocenters. The van der Waals surface area contributed by atoms with Crippen LogP contribution in [-0.4, -0.2) is 70.6 Å². The van der Waals surface area contributed by atoms with E-state index in [1.165, 1.54) is 22.7 Å². The first-order valence-electron chi connectivity index (χ1n) is 12.5. The van der Waals surface area contributed by atoms with Gasteiger partial charge in [0.15, 0.2) is 0 Å². The van der Waals surface area contributed by atoms with Crippen LogP contribution < -0.4 is 59.1 Å². The quantitative estimate of drug-likeness (QED) is 0.0387. The number of nitrogens with zero attached hydrogens (tertiary/aromatic N) is 12. The molecule has 20 heteroatoms. The number of alkyl halides is 2. The van der Waals surface area contributed by atoms with Crippen LogP contribution in [0.3, 0.4) is 0 Å². The molecule has 0 spiro atoms. The van der Waals surface area contributed by atoms with E-state index in [-0.39, 0.29) is 72.3 Å². The molecule has 0 heterocycles. The Labute approximate surface area is 305 Å². The summed E-state index contributed by atoms with van der Waals surface area (Å²) >= 11 is 6.60. The summed E-state index contributed by atoms with van der Waals surface area (Å²) in [4.78, 5) is 8.22. The van der Waals surface area contributed by atoms with Crippen molar-refractivity contribution >= 4 is 31.9 Å². The summed E-state index contributed by atoms with van der Waals surface area (Å²) < 4.78 is 0. The molecule has 4 N–H and O–H groups in total. The fourth-order valence-corrected chi connectivity index (χ4v) is 2.77. The number of azide groups is 2. The van der Waals surface area contributed by atoms with Crippen molar-refractivity contribution in [2.45, 2.75) is 83.5 Å². The fourth-order valence-electron chi connectivity index (χ4n) is 1.97. The van der Waals surface area contributed by atoms with Crippen LogP contribution in [0.5, 0.6) is 0 Å². The van der Waals surface area contributed by atoms with E-state index in [9.17, 15) is 0 Å². The Morgan fingerprint density at radius 2 is 0.634 bits per heavy atom. The van der Waals surface area contributed by atoms with Crippen molar-refractivity contribution in [2.75, 3.05) is 50.2 Å². The normalized spacial score (nSPS) is 7.66. The molecule has 0 rings (SSSR count). The molecule has 0 bridgehead atoms. The molecule has 0 aromatic carbocycles.